The van der Waals surface area contributed by atoms with E-state index in [1.165, 1.54) is 0 Å². The lowest BCUT2D eigenvalue weighted by Gasteiger charge is -2.09. The number of ether oxygens (including phenoxy) is 3. The van der Waals surface area contributed by atoms with E-state index in [1.807, 2.05) is 6.07 Å². The third-order valence-electron chi connectivity index (χ3n) is 3.93. The van der Waals surface area contributed by atoms with Crippen molar-refractivity contribution in [2.45, 2.75) is 18.9 Å². The highest BCUT2D eigenvalue weighted by Gasteiger charge is 2.19. The van der Waals surface area contributed by atoms with Crippen LogP contribution in [0.25, 0.3) is 11.3 Å². The van der Waals surface area contributed by atoms with E-state index < -0.39 is 0 Å². The van der Waals surface area contributed by atoms with Gasteiger partial charge >= 0.3 is 0 Å². The Hall–Kier alpha value is -2.54. The lowest BCUT2D eigenvalue weighted by Crippen LogP contribution is -2.31. The fraction of sp³-hybridized carbons (Fsp3) is 0.412. The average molecular weight is 332 g/mol. The third-order valence-corrected chi connectivity index (χ3v) is 3.93. The molecule has 7 nitrogen and oxygen atoms in total. The van der Waals surface area contributed by atoms with Gasteiger partial charge in [0.25, 0.3) is 5.91 Å². The van der Waals surface area contributed by atoms with Crippen molar-refractivity contribution in [3.63, 3.8) is 0 Å². The number of nitrogens with one attached hydrogen (secondary N) is 1. The molecular weight excluding hydrogens is 312 g/mol. The second kappa shape index (κ2) is 7.35. The Balaban J connectivity index is 1.69. The van der Waals surface area contributed by atoms with E-state index in [2.05, 4.69) is 10.5 Å². The molecule has 1 aromatic heterocycles. The maximum absolute atomic E-state index is 12.1. The summed E-state index contributed by atoms with van der Waals surface area (Å²) in [5, 5.41) is 6.65. The van der Waals surface area contributed by atoms with Crippen LogP contribution in [0.15, 0.2) is 28.8 Å². The predicted molar refractivity (Wildman–Crippen MR) is 86.4 cm³/mol. The Morgan fingerprint density at radius 1 is 1.29 bits per heavy atom. The van der Waals surface area contributed by atoms with Gasteiger partial charge in [-0.2, -0.15) is 0 Å². The first kappa shape index (κ1) is 16.3. The van der Waals surface area contributed by atoms with E-state index in [4.69, 9.17) is 18.7 Å². The van der Waals surface area contributed by atoms with E-state index in [0.717, 1.165) is 25.0 Å². The quantitative estimate of drug-likeness (QED) is 0.874. The molecule has 1 aromatic carbocycles. The highest BCUT2D eigenvalue weighted by Crippen LogP contribution is 2.32. The molecule has 0 radical (unpaired) electrons. The topological polar surface area (TPSA) is 82.8 Å². The van der Waals surface area contributed by atoms with Crippen molar-refractivity contribution in [2.75, 3.05) is 27.4 Å². The molecule has 0 spiro atoms. The molecule has 24 heavy (non-hydrogen) atoms. The van der Waals surface area contributed by atoms with Gasteiger partial charge in [-0.15, -0.1) is 0 Å². The number of aromatic nitrogens is 1. The summed E-state index contributed by atoms with van der Waals surface area (Å²) in [7, 11) is 3.13. The third kappa shape index (κ3) is 3.51. The summed E-state index contributed by atoms with van der Waals surface area (Å²) in [5.41, 5.74) is 0.983. The van der Waals surface area contributed by atoms with E-state index >= 15 is 0 Å². The van der Waals surface area contributed by atoms with E-state index in [1.54, 1.807) is 32.4 Å². The zero-order chi connectivity index (χ0) is 16.9. The number of nitrogens with zero attached hydrogens (tertiary/aromatic N) is 1. The number of carbonyl (C=O) groups is 1. The van der Waals surface area contributed by atoms with Crippen molar-refractivity contribution >= 4 is 5.91 Å². The first-order valence-electron chi connectivity index (χ1n) is 7.80. The highest BCUT2D eigenvalue weighted by atomic mass is 16.5. The molecule has 1 aliphatic rings. The Labute approximate surface area is 139 Å². The standard InChI is InChI=1S/C17H20N2O5/c1-21-14-6-5-11(8-16(14)22-2)15-9-13(19-24-15)17(20)18-10-12-4-3-7-23-12/h5-6,8-9,12H,3-4,7,10H2,1-2H3,(H,18,20)/t12-/m1/s1. The minimum atomic E-state index is -0.277. The van der Waals surface area contributed by atoms with Crippen LogP contribution in [0.2, 0.25) is 0 Å². The Kier molecular flexibility index (Phi) is 5.00. The van der Waals surface area contributed by atoms with Crippen molar-refractivity contribution in [1.82, 2.24) is 10.5 Å². The normalized spacial score (nSPS) is 16.8. The molecule has 3 rings (SSSR count). The van der Waals surface area contributed by atoms with Gasteiger partial charge in [0.2, 0.25) is 0 Å². The van der Waals surface area contributed by atoms with Crippen LogP contribution in [0.4, 0.5) is 0 Å². The summed E-state index contributed by atoms with van der Waals surface area (Å²) < 4.78 is 21.2. The molecule has 2 heterocycles. The summed E-state index contributed by atoms with van der Waals surface area (Å²) in [6, 6.07) is 6.96. The number of rotatable bonds is 6. The lowest BCUT2D eigenvalue weighted by molar-refractivity contribution is 0.0850. The van der Waals surface area contributed by atoms with Gasteiger partial charge in [0, 0.05) is 24.8 Å². The molecule has 1 fully saturated rings. The molecule has 0 bridgehead atoms. The summed E-state index contributed by atoms with van der Waals surface area (Å²) in [6.07, 6.45) is 2.09. The van der Waals surface area contributed by atoms with Crippen LogP contribution in [-0.4, -0.2) is 44.5 Å². The van der Waals surface area contributed by atoms with Gasteiger partial charge in [-0.1, -0.05) is 5.16 Å². The molecule has 1 aliphatic heterocycles. The van der Waals surface area contributed by atoms with Gasteiger partial charge < -0.3 is 24.1 Å². The second-order valence-electron chi connectivity index (χ2n) is 5.49. The number of hydrogen-bond donors (Lipinski definition) is 1. The number of benzene rings is 1. The minimum Gasteiger partial charge on any atom is -0.493 e. The van der Waals surface area contributed by atoms with Crippen molar-refractivity contribution in [2.24, 2.45) is 0 Å². The summed E-state index contributed by atoms with van der Waals surface area (Å²) in [5.74, 6) is 1.41. The van der Waals surface area contributed by atoms with Crippen LogP contribution in [0.3, 0.4) is 0 Å². The molecular formula is C17H20N2O5. The maximum atomic E-state index is 12.1. The minimum absolute atomic E-state index is 0.0890. The molecule has 0 saturated carbocycles. The first-order valence-corrected chi connectivity index (χ1v) is 7.80. The van der Waals surface area contributed by atoms with Gasteiger partial charge in [0.05, 0.1) is 20.3 Å². The summed E-state index contributed by atoms with van der Waals surface area (Å²) in [6.45, 7) is 1.24. The van der Waals surface area contributed by atoms with Gasteiger partial charge in [0.1, 0.15) is 0 Å². The number of methoxy groups -OCH3 is 2. The largest absolute Gasteiger partial charge is 0.493 e. The average Bonchev–Trinajstić information content (AvgIpc) is 3.30. The fourth-order valence-electron chi connectivity index (χ4n) is 2.61. The smallest absolute Gasteiger partial charge is 0.273 e. The summed E-state index contributed by atoms with van der Waals surface area (Å²) >= 11 is 0. The molecule has 0 unspecified atom stereocenters. The van der Waals surface area contributed by atoms with Crippen molar-refractivity contribution < 1.29 is 23.5 Å². The van der Waals surface area contributed by atoms with Gasteiger partial charge in [-0.25, -0.2) is 0 Å². The van der Waals surface area contributed by atoms with E-state index in [0.29, 0.717) is 23.8 Å². The Bertz CT molecular complexity index is 707. The molecule has 7 heteroatoms. The molecule has 2 aromatic rings. The number of amides is 1. The zero-order valence-electron chi connectivity index (χ0n) is 13.7. The van der Waals surface area contributed by atoms with Gasteiger partial charge in [-0.05, 0) is 31.0 Å². The van der Waals surface area contributed by atoms with Gasteiger partial charge in [-0.3, -0.25) is 4.79 Å². The van der Waals surface area contributed by atoms with Crippen LogP contribution in [0.5, 0.6) is 11.5 Å². The molecule has 1 N–H and O–H groups in total. The molecule has 1 saturated heterocycles. The highest BCUT2D eigenvalue weighted by molar-refractivity contribution is 5.93. The van der Waals surface area contributed by atoms with Crippen LogP contribution >= 0.6 is 0 Å². The predicted octanol–water partition coefficient (Wildman–Crippen LogP) is 2.27. The number of carbonyl (C=O) groups excluding carboxylic acids is 1. The fourth-order valence-corrected chi connectivity index (χ4v) is 2.61. The monoisotopic (exact) mass is 332 g/mol. The Morgan fingerprint density at radius 3 is 2.83 bits per heavy atom. The molecule has 1 amide bonds. The van der Waals surface area contributed by atoms with Crippen molar-refractivity contribution in [1.29, 1.82) is 0 Å². The van der Waals surface area contributed by atoms with Crippen LogP contribution in [0.1, 0.15) is 23.3 Å². The first-order chi connectivity index (χ1) is 11.7. The SMILES string of the molecule is COc1ccc(-c2cc(C(=O)NC[C@H]3CCCO3)no2)cc1OC. The van der Waals surface area contributed by atoms with Crippen molar-refractivity contribution in [3.8, 4) is 22.8 Å². The maximum Gasteiger partial charge on any atom is 0.273 e. The zero-order valence-corrected chi connectivity index (χ0v) is 13.7. The van der Waals surface area contributed by atoms with Gasteiger partial charge in [0.15, 0.2) is 23.0 Å². The number of hydrogen-bond acceptors (Lipinski definition) is 6. The molecule has 0 aliphatic carbocycles. The molecule has 1 atom stereocenters. The molecule has 128 valence electrons. The van der Waals surface area contributed by atoms with Crippen molar-refractivity contribution in [3.05, 3.63) is 30.0 Å². The van der Waals surface area contributed by atoms with Crippen LogP contribution in [0, 0.1) is 0 Å². The van der Waals surface area contributed by atoms with E-state index in [-0.39, 0.29) is 17.7 Å². The lowest BCUT2D eigenvalue weighted by atomic mass is 10.1. The second-order valence-corrected chi connectivity index (χ2v) is 5.49. The van der Waals surface area contributed by atoms with E-state index in [9.17, 15) is 4.79 Å². The van der Waals surface area contributed by atoms with Crippen LogP contribution < -0.4 is 14.8 Å². The Morgan fingerprint density at radius 2 is 2.12 bits per heavy atom. The van der Waals surface area contributed by atoms with Crippen LogP contribution in [-0.2, 0) is 4.74 Å². The summed E-state index contributed by atoms with van der Waals surface area (Å²) in [4.78, 5) is 12.1.